The van der Waals surface area contributed by atoms with Crippen molar-refractivity contribution in [3.05, 3.63) is 35.1 Å². The fourth-order valence-electron chi connectivity index (χ4n) is 2.04. The minimum absolute atomic E-state index is 0.0850. The Morgan fingerprint density at radius 2 is 2.29 bits per heavy atom. The maximum Gasteiger partial charge on any atom is 0.234 e. The van der Waals surface area contributed by atoms with E-state index in [1.54, 1.807) is 18.2 Å². The Hall–Kier alpha value is -1.53. The number of carbonyl (C=O) groups excluding carboxylic acids is 1. The SMILES string of the molecule is Cn1c(SCC(=O)Nc2cccc(Cl)c2)nnc1C1CC1. The van der Waals surface area contributed by atoms with Gasteiger partial charge in [0.05, 0.1) is 5.75 Å². The molecule has 110 valence electrons. The number of nitrogens with one attached hydrogen (secondary N) is 1. The predicted molar refractivity (Wildman–Crippen MR) is 83.8 cm³/mol. The number of hydrogen-bond acceptors (Lipinski definition) is 4. The molecule has 0 radical (unpaired) electrons. The molecular formula is C14H15ClN4OS. The van der Waals surface area contributed by atoms with Crippen LogP contribution in [-0.4, -0.2) is 26.4 Å². The molecule has 1 aromatic heterocycles. The van der Waals surface area contributed by atoms with E-state index in [1.165, 1.54) is 24.6 Å². The quantitative estimate of drug-likeness (QED) is 0.859. The van der Waals surface area contributed by atoms with Crippen molar-refractivity contribution in [1.82, 2.24) is 14.8 Å². The van der Waals surface area contributed by atoms with Crippen LogP contribution in [0.5, 0.6) is 0 Å². The van der Waals surface area contributed by atoms with E-state index in [4.69, 9.17) is 11.6 Å². The number of rotatable bonds is 5. The maximum atomic E-state index is 11.9. The van der Waals surface area contributed by atoms with E-state index in [0.29, 0.717) is 22.4 Å². The van der Waals surface area contributed by atoms with Crippen LogP contribution in [0, 0.1) is 0 Å². The second-order valence-corrected chi connectivity index (χ2v) is 6.40. The third-order valence-electron chi connectivity index (χ3n) is 3.25. The molecule has 1 aliphatic rings. The molecule has 1 saturated carbocycles. The highest BCUT2D eigenvalue weighted by molar-refractivity contribution is 7.99. The van der Waals surface area contributed by atoms with Gasteiger partial charge in [-0.15, -0.1) is 10.2 Å². The molecular weight excluding hydrogens is 308 g/mol. The summed E-state index contributed by atoms with van der Waals surface area (Å²) in [4.78, 5) is 11.9. The molecule has 0 atom stereocenters. The minimum Gasteiger partial charge on any atom is -0.325 e. The Morgan fingerprint density at radius 3 is 3.00 bits per heavy atom. The smallest absolute Gasteiger partial charge is 0.234 e. The van der Waals surface area contributed by atoms with Crippen LogP contribution in [-0.2, 0) is 11.8 Å². The third kappa shape index (κ3) is 3.57. The summed E-state index contributed by atoms with van der Waals surface area (Å²) in [5.41, 5.74) is 0.699. The summed E-state index contributed by atoms with van der Waals surface area (Å²) >= 11 is 7.27. The number of nitrogens with zero attached hydrogens (tertiary/aromatic N) is 3. The highest BCUT2D eigenvalue weighted by Gasteiger charge is 2.29. The highest BCUT2D eigenvalue weighted by Crippen LogP contribution is 2.39. The molecule has 1 amide bonds. The van der Waals surface area contributed by atoms with Gasteiger partial charge in [0, 0.05) is 23.7 Å². The topological polar surface area (TPSA) is 59.8 Å². The van der Waals surface area contributed by atoms with Crippen LogP contribution in [0.3, 0.4) is 0 Å². The second-order valence-electron chi connectivity index (χ2n) is 5.02. The third-order valence-corrected chi connectivity index (χ3v) is 4.51. The molecule has 0 saturated heterocycles. The monoisotopic (exact) mass is 322 g/mol. The molecule has 2 aromatic rings. The fraction of sp³-hybridized carbons (Fsp3) is 0.357. The van der Waals surface area contributed by atoms with Crippen LogP contribution < -0.4 is 5.32 Å². The van der Waals surface area contributed by atoms with E-state index in [9.17, 15) is 4.79 Å². The Labute approximate surface area is 132 Å². The van der Waals surface area contributed by atoms with Gasteiger partial charge in [-0.25, -0.2) is 0 Å². The summed E-state index contributed by atoms with van der Waals surface area (Å²) in [6.45, 7) is 0. The van der Waals surface area contributed by atoms with Crippen molar-refractivity contribution >= 4 is 35.0 Å². The molecule has 3 rings (SSSR count). The zero-order valence-electron chi connectivity index (χ0n) is 11.5. The number of aromatic nitrogens is 3. The Morgan fingerprint density at radius 1 is 1.48 bits per heavy atom. The van der Waals surface area contributed by atoms with Crippen LogP contribution in [0.15, 0.2) is 29.4 Å². The number of anilines is 1. The predicted octanol–water partition coefficient (Wildman–Crippen LogP) is 3.08. The van der Waals surface area contributed by atoms with Crippen LogP contribution in [0.2, 0.25) is 5.02 Å². The lowest BCUT2D eigenvalue weighted by atomic mass is 10.3. The number of amides is 1. The number of thioether (sulfide) groups is 1. The molecule has 1 aliphatic carbocycles. The van der Waals surface area contributed by atoms with Crippen LogP contribution in [0.25, 0.3) is 0 Å². The van der Waals surface area contributed by atoms with Crippen LogP contribution in [0.4, 0.5) is 5.69 Å². The molecule has 1 heterocycles. The summed E-state index contributed by atoms with van der Waals surface area (Å²) in [7, 11) is 1.95. The minimum atomic E-state index is -0.0850. The van der Waals surface area contributed by atoms with E-state index in [2.05, 4.69) is 15.5 Å². The molecule has 7 heteroatoms. The molecule has 1 N–H and O–H groups in total. The van der Waals surface area contributed by atoms with Gasteiger partial charge in [0.2, 0.25) is 5.91 Å². The van der Waals surface area contributed by atoms with E-state index in [1.807, 2.05) is 17.7 Å². The summed E-state index contributed by atoms with van der Waals surface area (Å²) in [5.74, 6) is 1.78. The van der Waals surface area contributed by atoms with Gasteiger partial charge in [-0.05, 0) is 31.0 Å². The first kappa shape index (κ1) is 14.4. The van der Waals surface area contributed by atoms with Crippen molar-refractivity contribution in [1.29, 1.82) is 0 Å². The van der Waals surface area contributed by atoms with Crippen LogP contribution in [0.1, 0.15) is 24.6 Å². The van der Waals surface area contributed by atoms with Crippen LogP contribution >= 0.6 is 23.4 Å². The van der Waals surface area contributed by atoms with Crippen molar-refractivity contribution in [3.63, 3.8) is 0 Å². The van der Waals surface area contributed by atoms with Gasteiger partial charge in [0.25, 0.3) is 0 Å². The summed E-state index contributed by atoms with van der Waals surface area (Å²) < 4.78 is 1.98. The van der Waals surface area contributed by atoms with Gasteiger partial charge in [0.1, 0.15) is 5.82 Å². The standard InChI is InChI=1S/C14H15ClN4OS/c1-19-13(9-5-6-9)17-18-14(19)21-8-12(20)16-11-4-2-3-10(15)7-11/h2-4,7,9H,5-6,8H2,1H3,(H,16,20). The average Bonchev–Trinajstić information content (AvgIpc) is 3.21. The lowest BCUT2D eigenvalue weighted by Gasteiger charge is -2.05. The molecule has 0 spiro atoms. The summed E-state index contributed by atoms with van der Waals surface area (Å²) in [5, 5.41) is 12.5. The highest BCUT2D eigenvalue weighted by atomic mass is 35.5. The summed E-state index contributed by atoms with van der Waals surface area (Å²) in [6, 6.07) is 7.10. The number of carbonyl (C=O) groups is 1. The molecule has 1 aromatic carbocycles. The maximum absolute atomic E-state index is 11.9. The van der Waals surface area contributed by atoms with Gasteiger partial charge in [0.15, 0.2) is 5.16 Å². The summed E-state index contributed by atoms with van der Waals surface area (Å²) in [6.07, 6.45) is 2.37. The first-order valence-corrected chi connectivity index (χ1v) is 8.07. The van der Waals surface area contributed by atoms with Crippen molar-refractivity contribution in [2.75, 3.05) is 11.1 Å². The lowest BCUT2D eigenvalue weighted by molar-refractivity contribution is -0.113. The molecule has 21 heavy (non-hydrogen) atoms. The van der Waals surface area contributed by atoms with Crippen molar-refractivity contribution in [2.24, 2.45) is 7.05 Å². The first-order chi connectivity index (χ1) is 10.1. The van der Waals surface area contributed by atoms with Gasteiger partial charge in [-0.1, -0.05) is 29.4 Å². The zero-order valence-corrected chi connectivity index (χ0v) is 13.1. The Kier molecular flexibility index (Phi) is 4.17. The second kappa shape index (κ2) is 6.07. The molecule has 1 fully saturated rings. The van der Waals surface area contributed by atoms with E-state index >= 15 is 0 Å². The first-order valence-electron chi connectivity index (χ1n) is 6.71. The molecule has 5 nitrogen and oxygen atoms in total. The zero-order chi connectivity index (χ0) is 14.8. The fourth-order valence-corrected chi connectivity index (χ4v) is 2.95. The molecule has 0 aliphatic heterocycles. The van der Waals surface area contributed by atoms with Gasteiger partial charge >= 0.3 is 0 Å². The van der Waals surface area contributed by atoms with Crippen molar-refractivity contribution < 1.29 is 4.79 Å². The molecule has 0 bridgehead atoms. The largest absolute Gasteiger partial charge is 0.325 e. The van der Waals surface area contributed by atoms with Crippen molar-refractivity contribution in [2.45, 2.75) is 23.9 Å². The van der Waals surface area contributed by atoms with E-state index in [0.717, 1.165) is 11.0 Å². The van der Waals surface area contributed by atoms with E-state index in [-0.39, 0.29) is 5.91 Å². The van der Waals surface area contributed by atoms with Gasteiger partial charge in [-0.2, -0.15) is 0 Å². The molecule has 0 unspecified atom stereocenters. The number of hydrogen-bond donors (Lipinski definition) is 1. The Balaban J connectivity index is 1.56. The lowest BCUT2D eigenvalue weighted by Crippen LogP contribution is -2.14. The van der Waals surface area contributed by atoms with Gasteiger partial charge < -0.3 is 9.88 Å². The number of halogens is 1. The van der Waals surface area contributed by atoms with Crippen molar-refractivity contribution in [3.8, 4) is 0 Å². The average molecular weight is 323 g/mol. The normalized spacial score (nSPS) is 14.2. The van der Waals surface area contributed by atoms with Gasteiger partial charge in [-0.3, -0.25) is 4.79 Å². The number of benzene rings is 1. The Bertz CT molecular complexity index is 669. The van der Waals surface area contributed by atoms with E-state index < -0.39 is 0 Å².